The fourth-order valence-corrected chi connectivity index (χ4v) is 4.41. The first-order chi connectivity index (χ1) is 11.9. The maximum atomic E-state index is 13.7. The number of nitrogens with one attached hydrogen (secondary N) is 1. The van der Waals surface area contributed by atoms with E-state index >= 15 is 0 Å². The van der Waals surface area contributed by atoms with E-state index < -0.39 is 27.2 Å². The van der Waals surface area contributed by atoms with E-state index in [9.17, 15) is 17.9 Å². The zero-order chi connectivity index (χ0) is 17.9. The Morgan fingerprint density at radius 1 is 1.16 bits per heavy atom. The molecule has 0 saturated heterocycles. The van der Waals surface area contributed by atoms with Gasteiger partial charge in [-0.05, 0) is 29.6 Å². The molecule has 5 nitrogen and oxygen atoms in total. The predicted molar refractivity (Wildman–Crippen MR) is 93.1 cm³/mol. The van der Waals surface area contributed by atoms with Crippen LogP contribution in [0.5, 0.6) is 0 Å². The van der Waals surface area contributed by atoms with Crippen molar-refractivity contribution in [1.29, 1.82) is 0 Å². The van der Waals surface area contributed by atoms with Gasteiger partial charge >= 0.3 is 0 Å². The summed E-state index contributed by atoms with van der Waals surface area (Å²) in [5, 5.41) is 12.8. The van der Waals surface area contributed by atoms with Crippen LogP contribution in [0.3, 0.4) is 0 Å². The van der Waals surface area contributed by atoms with Crippen LogP contribution in [0.1, 0.15) is 16.2 Å². The summed E-state index contributed by atoms with van der Waals surface area (Å²) in [4.78, 5) is 0.538. The zero-order valence-corrected chi connectivity index (χ0v) is 14.7. The zero-order valence-electron chi connectivity index (χ0n) is 13.1. The normalized spacial score (nSPS) is 14.3. The van der Waals surface area contributed by atoms with Crippen molar-refractivity contribution in [2.45, 2.75) is 11.4 Å². The van der Waals surface area contributed by atoms with Crippen LogP contribution in [0.2, 0.25) is 0 Å². The van der Waals surface area contributed by atoms with Gasteiger partial charge in [-0.3, -0.25) is 0 Å². The van der Waals surface area contributed by atoms with Crippen LogP contribution in [0.4, 0.5) is 4.39 Å². The molecule has 2 heterocycles. The lowest BCUT2D eigenvalue weighted by Gasteiger charge is -2.25. The second-order valence-corrected chi connectivity index (χ2v) is 8.24. The van der Waals surface area contributed by atoms with Gasteiger partial charge in [0, 0.05) is 10.4 Å². The number of halogens is 1. The lowest BCUT2D eigenvalue weighted by Crippen LogP contribution is -2.41. The Hall–Kier alpha value is -2.00. The van der Waals surface area contributed by atoms with E-state index in [1.807, 2.05) is 0 Å². The Kier molecular flexibility index (Phi) is 5.05. The smallest absolute Gasteiger partial charge is 0.216 e. The fraction of sp³-hybridized carbons (Fsp3) is 0.176. The summed E-state index contributed by atoms with van der Waals surface area (Å²) in [7, 11) is -3.86. The molecule has 2 aromatic heterocycles. The maximum Gasteiger partial charge on any atom is 0.216 e. The van der Waals surface area contributed by atoms with Gasteiger partial charge in [0.05, 0.1) is 18.6 Å². The van der Waals surface area contributed by atoms with Crippen molar-refractivity contribution >= 4 is 21.4 Å². The van der Waals surface area contributed by atoms with E-state index in [0.717, 1.165) is 0 Å². The van der Waals surface area contributed by atoms with Crippen molar-refractivity contribution in [1.82, 2.24) is 4.72 Å². The van der Waals surface area contributed by atoms with Crippen LogP contribution in [-0.2, 0) is 21.4 Å². The van der Waals surface area contributed by atoms with Gasteiger partial charge < -0.3 is 9.52 Å². The largest absolute Gasteiger partial charge is 0.466 e. The third-order valence-electron chi connectivity index (χ3n) is 3.71. The molecule has 3 aromatic rings. The number of hydrogen-bond acceptors (Lipinski definition) is 5. The molecule has 1 aromatic carbocycles. The predicted octanol–water partition coefficient (Wildman–Crippen LogP) is 2.84. The van der Waals surface area contributed by atoms with Gasteiger partial charge in [-0.1, -0.05) is 24.3 Å². The Labute approximate surface area is 148 Å². The molecule has 132 valence electrons. The minimum Gasteiger partial charge on any atom is -0.466 e. The van der Waals surface area contributed by atoms with Gasteiger partial charge in [-0.2, -0.15) is 0 Å². The van der Waals surface area contributed by atoms with Gasteiger partial charge in [-0.25, -0.2) is 17.5 Å². The summed E-state index contributed by atoms with van der Waals surface area (Å²) in [6.45, 7) is -0.322. The van der Waals surface area contributed by atoms with E-state index in [1.54, 1.807) is 35.7 Å². The molecule has 0 saturated carbocycles. The maximum absolute atomic E-state index is 13.7. The highest BCUT2D eigenvalue weighted by atomic mass is 32.2. The standard InChI is InChI=1S/C17H16FNO4S2/c18-14-6-2-1-5-13(14)11-25(21,22)19-12-17(20,15-7-3-9-23-15)16-8-4-10-24-16/h1-10,19-20H,11-12H2. The topological polar surface area (TPSA) is 79.5 Å². The molecule has 3 rings (SSSR count). The van der Waals surface area contributed by atoms with E-state index in [1.165, 1.54) is 35.8 Å². The molecule has 0 aliphatic rings. The number of rotatable bonds is 7. The van der Waals surface area contributed by atoms with Crippen LogP contribution >= 0.6 is 11.3 Å². The molecule has 8 heteroatoms. The molecular formula is C17H16FNO4S2. The average molecular weight is 381 g/mol. The monoisotopic (exact) mass is 381 g/mol. The molecular weight excluding hydrogens is 365 g/mol. The summed E-state index contributed by atoms with van der Waals surface area (Å²) in [5.41, 5.74) is -1.58. The molecule has 0 aliphatic carbocycles. The Morgan fingerprint density at radius 3 is 2.60 bits per heavy atom. The molecule has 25 heavy (non-hydrogen) atoms. The number of aliphatic hydroxyl groups is 1. The van der Waals surface area contributed by atoms with Crippen molar-refractivity contribution in [2.24, 2.45) is 0 Å². The van der Waals surface area contributed by atoms with Gasteiger partial charge in [0.15, 0.2) is 5.60 Å². The van der Waals surface area contributed by atoms with Gasteiger partial charge in [0.2, 0.25) is 10.0 Å². The summed E-state index contributed by atoms with van der Waals surface area (Å²) in [5.74, 6) is -0.880. The van der Waals surface area contributed by atoms with E-state index in [4.69, 9.17) is 4.42 Å². The second-order valence-electron chi connectivity index (χ2n) is 5.49. The molecule has 1 unspecified atom stereocenters. The van der Waals surface area contributed by atoms with Crippen molar-refractivity contribution in [2.75, 3.05) is 6.54 Å². The molecule has 1 atom stereocenters. The van der Waals surface area contributed by atoms with Crippen molar-refractivity contribution in [3.8, 4) is 0 Å². The quantitative estimate of drug-likeness (QED) is 0.660. The minimum atomic E-state index is -3.86. The van der Waals surface area contributed by atoms with E-state index in [-0.39, 0.29) is 17.9 Å². The van der Waals surface area contributed by atoms with Crippen LogP contribution in [-0.4, -0.2) is 20.1 Å². The third kappa shape index (κ3) is 3.98. The molecule has 0 bridgehead atoms. The van der Waals surface area contributed by atoms with Crippen LogP contribution in [0.25, 0.3) is 0 Å². The second kappa shape index (κ2) is 7.09. The Bertz CT molecular complexity index is 887. The molecule has 0 spiro atoms. The van der Waals surface area contributed by atoms with Crippen LogP contribution < -0.4 is 4.72 Å². The number of benzene rings is 1. The first-order valence-electron chi connectivity index (χ1n) is 7.42. The molecule has 0 fully saturated rings. The first-order valence-corrected chi connectivity index (χ1v) is 9.95. The number of furan rings is 1. The highest BCUT2D eigenvalue weighted by molar-refractivity contribution is 7.88. The highest BCUT2D eigenvalue weighted by Crippen LogP contribution is 2.32. The molecule has 2 N–H and O–H groups in total. The van der Waals surface area contributed by atoms with Crippen molar-refractivity contribution in [3.05, 3.63) is 82.2 Å². The lowest BCUT2D eigenvalue weighted by molar-refractivity contribution is 0.0655. The van der Waals surface area contributed by atoms with E-state index in [0.29, 0.717) is 4.88 Å². The third-order valence-corrected chi connectivity index (χ3v) is 6.01. The lowest BCUT2D eigenvalue weighted by atomic mass is 9.99. The highest BCUT2D eigenvalue weighted by Gasteiger charge is 2.36. The van der Waals surface area contributed by atoms with Gasteiger partial charge in [0.25, 0.3) is 0 Å². The fourth-order valence-electron chi connectivity index (χ4n) is 2.41. The minimum absolute atomic E-state index is 0.0627. The van der Waals surface area contributed by atoms with E-state index in [2.05, 4.69) is 4.72 Å². The van der Waals surface area contributed by atoms with Crippen molar-refractivity contribution in [3.63, 3.8) is 0 Å². The summed E-state index contributed by atoms with van der Waals surface area (Å²) in [6, 6.07) is 12.3. The first kappa shape index (κ1) is 17.8. The summed E-state index contributed by atoms with van der Waals surface area (Å²) >= 11 is 1.28. The summed E-state index contributed by atoms with van der Waals surface area (Å²) < 4.78 is 46.0. The van der Waals surface area contributed by atoms with Gasteiger partial charge in [0.1, 0.15) is 11.6 Å². The van der Waals surface area contributed by atoms with Crippen LogP contribution in [0.15, 0.2) is 64.6 Å². The Morgan fingerprint density at radius 2 is 1.96 bits per heavy atom. The number of sulfonamides is 1. The van der Waals surface area contributed by atoms with Crippen molar-refractivity contribution < 1.29 is 22.3 Å². The number of thiophene rings is 1. The number of hydrogen-bond donors (Lipinski definition) is 2. The van der Waals surface area contributed by atoms with Crippen LogP contribution in [0, 0.1) is 5.82 Å². The Balaban J connectivity index is 1.81. The molecule has 0 aliphatic heterocycles. The van der Waals surface area contributed by atoms with Gasteiger partial charge in [-0.15, -0.1) is 11.3 Å². The molecule has 0 radical (unpaired) electrons. The average Bonchev–Trinajstić information content (AvgIpc) is 3.28. The SMILES string of the molecule is O=S(=O)(Cc1ccccc1F)NCC(O)(c1ccco1)c1cccs1. The molecule has 0 amide bonds. The summed E-state index contributed by atoms with van der Waals surface area (Å²) in [6.07, 6.45) is 1.40.